The van der Waals surface area contributed by atoms with Crippen LogP contribution < -0.4 is 11.3 Å². The van der Waals surface area contributed by atoms with Crippen LogP contribution in [0, 0.1) is 3.70 Å². The number of aliphatic hydroxyl groups excluding tert-OH is 1. The number of nitrogens with zero attached hydrogens (tertiary/aromatic N) is 3. The lowest BCUT2D eigenvalue weighted by Crippen LogP contribution is -2.29. The van der Waals surface area contributed by atoms with Gasteiger partial charge in [0.2, 0.25) is 5.95 Å². The van der Waals surface area contributed by atoms with E-state index in [0.717, 1.165) is 0 Å². The van der Waals surface area contributed by atoms with Crippen LogP contribution in [-0.2, 0) is 4.74 Å². The fraction of sp³-hybridized carbons (Fsp3) is 0.500. The van der Waals surface area contributed by atoms with E-state index in [1.807, 2.05) is 22.6 Å². The number of aromatic amines is 1. The number of ether oxygens (including phenoxy) is 1. The third kappa shape index (κ3) is 2.01. The van der Waals surface area contributed by atoms with Gasteiger partial charge in [0, 0.05) is 0 Å². The Bertz CT molecular complexity index is 682. The smallest absolute Gasteiger partial charge is 0.269 e. The van der Waals surface area contributed by atoms with Gasteiger partial charge in [0.1, 0.15) is 15.3 Å². The highest BCUT2D eigenvalue weighted by atomic mass is 127. The first-order chi connectivity index (χ1) is 9.11. The van der Waals surface area contributed by atoms with Gasteiger partial charge in [0.25, 0.3) is 5.56 Å². The first-order valence-electron chi connectivity index (χ1n) is 5.79. The molecule has 8 nitrogen and oxygen atoms in total. The predicted molar refractivity (Wildman–Crippen MR) is 75.5 cm³/mol. The van der Waals surface area contributed by atoms with E-state index in [-0.39, 0.29) is 24.2 Å². The number of nitrogens with one attached hydrogen (secondary N) is 1. The van der Waals surface area contributed by atoms with E-state index in [1.165, 1.54) is 4.57 Å². The average molecular weight is 377 g/mol. The third-order valence-electron chi connectivity index (χ3n) is 3.19. The second-order valence-electron chi connectivity index (χ2n) is 4.36. The van der Waals surface area contributed by atoms with Crippen molar-refractivity contribution >= 4 is 39.6 Å². The minimum absolute atomic E-state index is 0.0654. The quantitative estimate of drug-likeness (QED) is 0.633. The van der Waals surface area contributed by atoms with Gasteiger partial charge in [-0.2, -0.15) is 10.1 Å². The van der Waals surface area contributed by atoms with Gasteiger partial charge in [0.05, 0.1) is 12.7 Å². The summed E-state index contributed by atoms with van der Waals surface area (Å²) in [6.45, 7) is -0.0654. The number of hydrogen-bond donors (Lipinski definition) is 3. The van der Waals surface area contributed by atoms with Crippen LogP contribution in [0.15, 0.2) is 4.79 Å². The average Bonchev–Trinajstić information content (AvgIpc) is 2.97. The van der Waals surface area contributed by atoms with Gasteiger partial charge in [-0.25, -0.2) is 0 Å². The summed E-state index contributed by atoms with van der Waals surface area (Å²) in [5, 5.41) is 16.1. The predicted octanol–water partition coefficient (Wildman–Crippen LogP) is -0.0237. The van der Waals surface area contributed by atoms with Crippen molar-refractivity contribution in [3.8, 4) is 0 Å². The van der Waals surface area contributed by atoms with E-state index in [1.54, 1.807) is 0 Å². The molecule has 0 aliphatic carbocycles. The summed E-state index contributed by atoms with van der Waals surface area (Å²) in [5.74, 6) is 0.0844. The highest BCUT2D eigenvalue weighted by molar-refractivity contribution is 14.1. The number of aliphatic hydroxyl groups is 1. The zero-order valence-corrected chi connectivity index (χ0v) is 12.0. The van der Waals surface area contributed by atoms with Gasteiger partial charge in [-0.15, -0.1) is 0 Å². The van der Waals surface area contributed by atoms with Crippen molar-refractivity contribution in [1.29, 1.82) is 0 Å². The van der Waals surface area contributed by atoms with Crippen LogP contribution in [0.3, 0.4) is 0 Å². The first kappa shape index (κ1) is 12.8. The molecule has 9 heteroatoms. The molecule has 2 atom stereocenters. The Kier molecular flexibility index (Phi) is 3.19. The summed E-state index contributed by atoms with van der Waals surface area (Å²) >= 11 is 1.96. The van der Waals surface area contributed by atoms with E-state index in [9.17, 15) is 4.79 Å². The molecule has 102 valence electrons. The summed E-state index contributed by atoms with van der Waals surface area (Å²) < 4.78 is 7.46. The number of H-pyrrole nitrogens is 1. The van der Waals surface area contributed by atoms with E-state index in [4.69, 9.17) is 15.6 Å². The minimum atomic E-state index is -0.479. The monoisotopic (exact) mass is 377 g/mol. The molecule has 0 saturated carbocycles. The lowest BCUT2D eigenvalue weighted by atomic mass is 10.2. The Morgan fingerprint density at radius 1 is 1.58 bits per heavy atom. The van der Waals surface area contributed by atoms with Crippen molar-refractivity contribution < 1.29 is 9.84 Å². The highest BCUT2D eigenvalue weighted by Gasteiger charge is 2.29. The van der Waals surface area contributed by atoms with Crippen molar-refractivity contribution in [1.82, 2.24) is 19.7 Å². The number of nitrogen functional groups attached to an aromatic ring is 1. The Morgan fingerprint density at radius 3 is 3.05 bits per heavy atom. The maximum atomic E-state index is 12.4. The second-order valence-corrected chi connectivity index (χ2v) is 5.38. The Labute approximate surface area is 121 Å². The summed E-state index contributed by atoms with van der Waals surface area (Å²) in [4.78, 5) is 16.6. The fourth-order valence-corrected chi connectivity index (χ4v) is 2.87. The van der Waals surface area contributed by atoms with Crippen LogP contribution in [0.25, 0.3) is 11.0 Å². The zero-order valence-electron chi connectivity index (χ0n) is 9.84. The first-order valence-corrected chi connectivity index (χ1v) is 6.87. The molecule has 4 N–H and O–H groups in total. The van der Waals surface area contributed by atoms with Crippen LogP contribution in [0.4, 0.5) is 5.95 Å². The van der Waals surface area contributed by atoms with E-state index in [0.29, 0.717) is 27.6 Å². The molecule has 0 bridgehead atoms. The molecule has 1 aliphatic rings. The molecule has 19 heavy (non-hydrogen) atoms. The maximum Gasteiger partial charge on any atom is 0.269 e. The van der Waals surface area contributed by atoms with Crippen molar-refractivity contribution in [2.24, 2.45) is 0 Å². The lowest BCUT2D eigenvalue weighted by molar-refractivity contribution is -0.0230. The molecule has 0 spiro atoms. The van der Waals surface area contributed by atoms with E-state index >= 15 is 0 Å². The van der Waals surface area contributed by atoms with Gasteiger partial charge < -0.3 is 15.6 Å². The van der Waals surface area contributed by atoms with Crippen LogP contribution in [0.5, 0.6) is 0 Å². The Morgan fingerprint density at radius 2 is 2.37 bits per heavy atom. The zero-order chi connectivity index (χ0) is 13.6. The van der Waals surface area contributed by atoms with Crippen molar-refractivity contribution in [2.75, 3.05) is 12.3 Å². The number of anilines is 1. The number of halogens is 1. The molecule has 3 rings (SSSR count). The molecular formula is C10H12IN5O3. The fourth-order valence-electron chi connectivity index (χ4n) is 2.26. The summed E-state index contributed by atoms with van der Waals surface area (Å²) in [6.07, 6.45) is 0.576. The second kappa shape index (κ2) is 4.72. The van der Waals surface area contributed by atoms with E-state index in [2.05, 4.69) is 15.2 Å². The van der Waals surface area contributed by atoms with Gasteiger partial charge >= 0.3 is 0 Å². The molecule has 1 aliphatic heterocycles. The third-order valence-corrected chi connectivity index (χ3v) is 3.97. The number of fused-ring (bicyclic) bond motifs is 1. The van der Waals surface area contributed by atoms with Crippen LogP contribution in [0.2, 0.25) is 0 Å². The molecule has 0 unspecified atom stereocenters. The summed E-state index contributed by atoms with van der Waals surface area (Å²) in [5.41, 5.74) is 5.92. The molecule has 2 aromatic rings. The molecular weight excluding hydrogens is 365 g/mol. The topological polar surface area (TPSA) is 119 Å². The van der Waals surface area contributed by atoms with Crippen molar-refractivity contribution in [2.45, 2.75) is 25.2 Å². The van der Waals surface area contributed by atoms with Gasteiger partial charge in [-0.1, -0.05) is 0 Å². The lowest BCUT2D eigenvalue weighted by Gasteiger charge is -2.16. The standard InChI is InChI=1S/C10H12IN5O3/c11-7-6-8(15-14-7)13-10(12)16(9(6)18)5-2-1-4(3-17)19-5/h4-5,17H,1-3H2,(H3,12,13,14,15)/t4-,5-/m1/s1. The van der Waals surface area contributed by atoms with Gasteiger partial charge in [-0.05, 0) is 35.4 Å². The number of aromatic nitrogens is 4. The van der Waals surface area contributed by atoms with Crippen LogP contribution >= 0.6 is 22.6 Å². The van der Waals surface area contributed by atoms with Crippen molar-refractivity contribution in [3.63, 3.8) is 0 Å². The number of nitrogens with two attached hydrogens (primary N) is 1. The summed E-state index contributed by atoms with van der Waals surface area (Å²) in [6, 6.07) is 0. The molecule has 1 fully saturated rings. The largest absolute Gasteiger partial charge is 0.394 e. The number of hydrogen-bond acceptors (Lipinski definition) is 6. The summed E-state index contributed by atoms with van der Waals surface area (Å²) in [7, 11) is 0. The van der Waals surface area contributed by atoms with Crippen LogP contribution in [0.1, 0.15) is 19.1 Å². The normalized spacial score (nSPS) is 23.3. The minimum Gasteiger partial charge on any atom is -0.394 e. The molecule has 3 heterocycles. The van der Waals surface area contributed by atoms with Crippen molar-refractivity contribution in [3.05, 3.63) is 14.1 Å². The molecule has 0 radical (unpaired) electrons. The molecule has 0 aromatic carbocycles. The Hall–Kier alpha value is -1.20. The Balaban J connectivity index is 2.13. The molecule has 1 saturated heterocycles. The van der Waals surface area contributed by atoms with E-state index < -0.39 is 6.23 Å². The maximum absolute atomic E-state index is 12.4. The molecule has 0 amide bonds. The van der Waals surface area contributed by atoms with Gasteiger partial charge in [-0.3, -0.25) is 14.5 Å². The SMILES string of the molecule is Nc1nc2[nH]nc(I)c2c(=O)n1[C@H]1CC[C@H](CO)O1. The van der Waals surface area contributed by atoms with Crippen LogP contribution in [-0.4, -0.2) is 37.6 Å². The highest BCUT2D eigenvalue weighted by Crippen LogP contribution is 2.28. The number of rotatable bonds is 2. The molecule has 2 aromatic heterocycles. The van der Waals surface area contributed by atoms with Gasteiger partial charge in [0.15, 0.2) is 5.65 Å².